The molecule has 11 heteroatoms. The Bertz CT molecular complexity index is 1110. The van der Waals surface area contributed by atoms with E-state index in [1.807, 2.05) is 41.0 Å². The molecule has 2 amide bonds. The van der Waals surface area contributed by atoms with Crippen LogP contribution in [0.2, 0.25) is 20.1 Å². The van der Waals surface area contributed by atoms with Gasteiger partial charge in [0.15, 0.2) is 0 Å². The third-order valence-electron chi connectivity index (χ3n) is 7.42. The second-order valence-electron chi connectivity index (χ2n) is 10.6. The van der Waals surface area contributed by atoms with Gasteiger partial charge in [0.25, 0.3) is 0 Å². The van der Waals surface area contributed by atoms with Crippen LogP contribution in [-0.2, 0) is 14.4 Å². The van der Waals surface area contributed by atoms with Crippen LogP contribution < -0.4 is 9.80 Å². The fourth-order valence-electron chi connectivity index (χ4n) is 5.03. The molecule has 2 saturated heterocycles. The Kier molecular flexibility index (Phi) is 13.3. The normalized spacial score (nSPS) is 16.7. The van der Waals surface area contributed by atoms with Crippen LogP contribution in [0, 0.1) is 11.8 Å². The van der Waals surface area contributed by atoms with Crippen LogP contribution >= 0.6 is 46.4 Å². The molecular weight excluding hydrogens is 618 g/mol. The number of rotatable bonds is 8. The summed E-state index contributed by atoms with van der Waals surface area (Å²) in [4.78, 5) is 43.0. The van der Waals surface area contributed by atoms with Crippen LogP contribution in [0.5, 0.6) is 0 Å². The molecule has 2 aromatic rings. The zero-order valence-corrected chi connectivity index (χ0v) is 27.1. The van der Waals surface area contributed by atoms with Gasteiger partial charge >= 0.3 is 0 Å². The molecule has 0 aromatic heterocycles. The monoisotopic (exact) mass is 654 g/mol. The van der Waals surface area contributed by atoms with Gasteiger partial charge in [0.2, 0.25) is 11.8 Å². The first-order valence-electron chi connectivity index (χ1n) is 14.1. The second kappa shape index (κ2) is 16.4. The standard InChI is InChI=1S/C16H20Cl2N2O.C15H18Cl2N2O2/c1-3-4-12(2)16(21)20-7-5-19(6-8-20)15-10-13(17)9-14(18)11-15;1-11(2-7-20)15(21)19-5-3-18(4-6-19)14-9-12(16)8-13(17)10-14/h3,9-12H,1,4-8H2,2H3;7-11H,2-6H2,1H3. The highest BCUT2D eigenvalue weighted by molar-refractivity contribution is 6.35. The zero-order chi connectivity index (χ0) is 30.8. The molecule has 2 aromatic carbocycles. The van der Waals surface area contributed by atoms with Gasteiger partial charge in [-0.15, -0.1) is 6.58 Å². The van der Waals surface area contributed by atoms with E-state index in [4.69, 9.17) is 46.4 Å². The van der Waals surface area contributed by atoms with E-state index in [-0.39, 0.29) is 30.1 Å². The van der Waals surface area contributed by atoms with Gasteiger partial charge in [0.05, 0.1) is 0 Å². The highest BCUT2D eigenvalue weighted by atomic mass is 35.5. The zero-order valence-electron chi connectivity index (χ0n) is 24.1. The van der Waals surface area contributed by atoms with Crippen molar-refractivity contribution in [1.82, 2.24) is 9.80 Å². The molecule has 0 spiro atoms. The minimum absolute atomic E-state index is 0.00895. The molecule has 0 saturated carbocycles. The van der Waals surface area contributed by atoms with Gasteiger partial charge in [-0.2, -0.15) is 0 Å². The number of carbonyl (C=O) groups is 3. The third-order valence-corrected chi connectivity index (χ3v) is 8.29. The van der Waals surface area contributed by atoms with Crippen LogP contribution in [0.1, 0.15) is 26.7 Å². The molecular formula is C31H38Cl4N4O3. The highest BCUT2D eigenvalue weighted by Crippen LogP contribution is 2.28. The van der Waals surface area contributed by atoms with Crippen LogP contribution in [0.3, 0.4) is 0 Å². The molecule has 4 rings (SSSR count). The first kappa shape index (κ1) is 34.0. The lowest BCUT2D eigenvalue weighted by atomic mass is 10.1. The first-order chi connectivity index (χ1) is 20.0. The van der Waals surface area contributed by atoms with E-state index >= 15 is 0 Å². The maximum atomic E-state index is 12.3. The Morgan fingerprint density at radius 3 is 1.31 bits per heavy atom. The number of nitrogens with zero attached hydrogens (tertiary/aromatic N) is 4. The fraction of sp³-hybridized carbons (Fsp3) is 0.452. The maximum Gasteiger partial charge on any atom is 0.225 e. The van der Waals surface area contributed by atoms with E-state index in [0.717, 1.165) is 63.4 Å². The summed E-state index contributed by atoms with van der Waals surface area (Å²) in [5, 5.41) is 2.48. The van der Waals surface area contributed by atoms with Gasteiger partial charge in [-0.25, -0.2) is 0 Å². The Hall–Kier alpha value is -2.45. The summed E-state index contributed by atoms with van der Waals surface area (Å²) in [6, 6.07) is 11.0. The molecule has 0 N–H and O–H groups in total. The molecule has 7 nitrogen and oxygen atoms in total. The van der Waals surface area contributed by atoms with Crippen molar-refractivity contribution in [3.63, 3.8) is 0 Å². The number of hydrogen-bond donors (Lipinski definition) is 0. The summed E-state index contributed by atoms with van der Waals surface area (Å²) in [7, 11) is 0. The number of amides is 2. The van der Waals surface area contributed by atoms with Crippen molar-refractivity contribution < 1.29 is 14.4 Å². The second-order valence-corrected chi connectivity index (χ2v) is 12.4. The molecule has 228 valence electrons. The summed E-state index contributed by atoms with van der Waals surface area (Å²) >= 11 is 24.1. The minimum Gasteiger partial charge on any atom is -0.368 e. The van der Waals surface area contributed by atoms with Crippen LogP contribution in [0.25, 0.3) is 0 Å². The fourth-order valence-corrected chi connectivity index (χ4v) is 6.06. The number of benzene rings is 2. The Labute approximate surface area is 268 Å². The summed E-state index contributed by atoms with van der Waals surface area (Å²) in [5.74, 6) is 0.0221. The maximum absolute atomic E-state index is 12.3. The minimum atomic E-state index is -0.241. The van der Waals surface area contributed by atoms with E-state index in [2.05, 4.69) is 16.4 Å². The first-order valence-corrected chi connectivity index (χ1v) is 15.6. The highest BCUT2D eigenvalue weighted by Gasteiger charge is 2.26. The lowest BCUT2D eigenvalue weighted by molar-refractivity contribution is -0.136. The van der Waals surface area contributed by atoms with Crippen molar-refractivity contribution in [3.05, 3.63) is 69.1 Å². The van der Waals surface area contributed by atoms with E-state index in [1.54, 1.807) is 25.1 Å². The number of anilines is 2. The summed E-state index contributed by atoms with van der Waals surface area (Å²) < 4.78 is 0. The number of piperazine rings is 2. The summed E-state index contributed by atoms with van der Waals surface area (Å²) in [6.45, 7) is 13.2. The molecule has 2 atom stereocenters. The van der Waals surface area contributed by atoms with Crippen molar-refractivity contribution in [3.8, 4) is 0 Å². The Balaban J connectivity index is 0.000000230. The SMILES string of the molecule is C=CCC(C)C(=O)N1CCN(c2cc(Cl)cc(Cl)c2)CC1.CC(CC=O)C(=O)N1CCN(c2cc(Cl)cc(Cl)c2)CC1. The van der Waals surface area contributed by atoms with Gasteiger partial charge in [-0.1, -0.05) is 66.3 Å². The smallest absolute Gasteiger partial charge is 0.225 e. The van der Waals surface area contributed by atoms with Crippen molar-refractivity contribution in [2.24, 2.45) is 11.8 Å². The predicted molar refractivity (Wildman–Crippen MR) is 174 cm³/mol. The van der Waals surface area contributed by atoms with E-state index in [9.17, 15) is 14.4 Å². The summed E-state index contributed by atoms with van der Waals surface area (Å²) in [6.07, 6.45) is 3.60. The number of halogens is 4. The van der Waals surface area contributed by atoms with Crippen molar-refractivity contribution >= 4 is 75.9 Å². The molecule has 2 fully saturated rings. The molecule has 42 heavy (non-hydrogen) atoms. The largest absolute Gasteiger partial charge is 0.368 e. The Morgan fingerprint density at radius 1 is 0.667 bits per heavy atom. The van der Waals surface area contributed by atoms with Gasteiger partial charge < -0.3 is 24.4 Å². The lowest BCUT2D eigenvalue weighted by Gasteiger charge is -2.37. The topological polar surface area (TPSA) is 64.2 Å². The molecule has 2 unspecified atom stereocenters. The molecule has 2 aliphatic heterocycles. The molecule has 0 radical (unpaired) electrons. The van der Waals surface area contributed by atoms with Gasteiger partial charge in [-0.05, 0) is 42.8 Å². The van der Waals surface area contributed by atoms with E-state index in [1.165, 1.54) is 0 Å². The predicted octanol–water partition coefficient (Wildman–Crippen LogP) is 6.72. The van der Waals surface area contributed by atoms with Crippen molar-refractivity contribution in [2.45, 2.75) is 26.7 Å². The molecule has 2 heterocycles. The van der Waals surface area contributed by atoms with E-state index < -0.39 is 0 Å². The molecule has 0 aliphatic carbocycles. The number of carbonyl (C=O) groups excluding carboxylic acids is 3. The van der Waals surface area contributed by atoms with Crippen LogP contribution in [0.4, 0.5) is 11.4 Å². The quantitative estimate of drug-likeness (QED) is 0.233. The van der Waals surface area contributed by atoms with E-state index in [0.29, 0.717) is 33.2 Å². The van der Waals surface area contributed by atoms with Gasteiger partial charge in [-0.3, -0.25) is 9.59 Å². The lowest BCUT2D eigenvalue weighted by Crippen LogP contribution is -2.50. The average Bonchev–Trinajstić information content (AvgIpc) is 2.96. The van der Waals surface area contributed by atoms with Crippen LogP contribution in [0.15, 0.2) is 49.1 Å². The van der Waals surface area contributed by atoms with Crippen molar-refractivity contribution in [1.29, 1.82) is 0 Å². The molecule has 2 aliphatic rings. The number of aldehydes is 1. The average molecular weight is 656 g/mol. The summed E-state index contributed by atoms with van der Waals surface area (Å²) in [5.41, 5.74) is 1.99. The van der Waals surface area contributed by atoms with Crippen LogP contribution in [-0.4, -0.2) is 80.3 Å². The van der Waals surface area contributed by atoms with Gasteiger partial charge in [0.1, 0.15) is 6.29 Å². The van der Waals surface area contributed by atoms with Gasteiger partial charge in [0, 0.05) is 102 Å². The number of allylic oxidation sites excluding steroid dienone is 1. The Morgan fingerprint density at radius 2 is 1.00 bits per heavy atom. The molecule has 0 bridgehead atoms. The number of hydrogen-bond acceptors (Lipinski definition) is 5. The van der Waals surface area contributed by atoms with Crippen molar-refractivity contribution in [2.75, 3.05) is 62.2 Å². The third kappa shape index (κ3) is 9.80.